The Morgan fingerprint density at radius 1 is 1.50 bits per heavy atom. The molecule has 2 heterocycles. The molecule has 16 heavy (non-hydrogen) atoms. The van der Waals surface area contributed by atoms with Crippen LogP contribution in [0.2, 0.25) is 0 Å². The fourth-order valence-corrected chi connectivity index (χ4v) is 2.05. The molecule has 1 aliphatic heterocycles. The van der Waals surface area contributed by atoms with Gasteiger partial charge in [-0.15, -0.1) is 0 Å². The van der Waals surface area contributed by atoms with Crippen molar-refractivity contribution in [2.24, 2.45) is 0 Å². The third-order valence-corrected chi connectivity index (χ3v) is 2.85. The maximum absolute atomic E-state index is 9.06. The molecule has 1 aromatic heterocycles. The molecule has 1 unspecified atom stereocenters. The topological polar surface area (TPSA) is 61.3 Å². The summed E-state index contributed by atoms with van der Waals surface area (Å²) >= 11 is 0. The third-order valence-electron chi connectivity index (χ3n) is 2.85. The van der Waals surface area contributed by atoms with Crippen molar-refractivity contribution in [3.63, 3.8) is 0 Å². The summed E-state index contributed by atoms with van der Waals surface area (Å²) in [6, 6.07) is 0.508. The maximum atomic E-state index is 9.06. The highest BCUT2D eigenvalue weighted by atomic mass is 16.3. The molecule has 0 spiro atoms. The largest absolute Gasteiger partial charge is 0.395 e. The lowest BCUT2D eigenvalue weighted by Gasteiger charge is -2.25. The first kappa shape index (κ1) is 11.3. The number of aliphatic hydroxyl groups excluding tert-OH is 1. The minimum absolute atomic E-state index is 0.142. The highest BCUT2D eigenvalue weighted by Gasteiger charge is 2.18. The molecular weight excluding hydrogens is 204 g/mol. The smallest absolute Gasteiger partial charge is 0.147 e. The SMILES string of the molecule is OCCN(CC1CCCN1)c1cnccn1. The van der Waals surface area contributed by atoms with Gasteiger partial charge in [-0.25, -0.2) is 4.98 Å². The summed E-state index contributed by atoms with van der Waals surface area (Å²) < 4.78 is 0. The molecule has 88 valence electrons. The molecule has 2 rings (SSSR count). The van der Waals surface area contributed by atoms with Crippen LogP contribution in [0.4, 0.5) is 5.82 Å². The minimum Gasteiger partial charge on any atom is -0.395 e. The number of nitrogens with zero attached hydrogens (tertiary/aromatic N) is 3. The van der Waals surface area contributed by atoms with Crippen molar-refractivity contribution in [3.05, 3.63) is 18.6 Å². The monoisotopic (exact) mass is 222 g/mol. The van der Waals surface area contributed by atoms with E-state index in [0.717, 1.165) is 18.9 Å². The van der Waals surface area contributed by atoms with E-state index in [-0.39, 0.29) is 6.61 Å². The Bertz CT molecular complexity index is 300. The van der Waals surface area contributed by atoms with Gasteiger partial charge in [0.15, 0.2) is 0 Å². The normalized spacial score (nSPS) is 19.9. The molecule has 0 aliphatic carbocycles. The molecular formula is C11H18N4O. The second kappa shape index (κ2) is 5.77. The second-order valence-electron chi connectivity index (χ2n) is 4.03. The van der Waals surface area contributed by atoms with Gasteiger partial charge in [0.25, 0.3) is 0 Å². The van der Waals surface area contributed by atoms with Crippen LogP contribution in [-0.4, -0.2) is 47.4 Å². The molecule has 0 radical (unpaired) electrons. The third kappa shape index (κ3) is 2.90. The fraction of sp³-hybridized carbons (Fsp3) is 0.636. The first-order valence-electron chi connectivity index (χ1n) is 5.75. The van der Waals surface area contributed by atoms with Gasteiger partial charge in [0.2, 0.25) is 0 Å². The Kier molecular flexibility index (Phi) is 4.07. The number of hydrogen-bond acceptors (Lipinski definition) is 5. The van der Waals surface area contributed by atoms with Gasteiger partial charge >= 0.3 is 0 Å². The van der Waals surface area contributed by atoms with E-state index in [1.54, 1.807) is 18.6 Å². The van der Waals surface area contributed by atoms with E-state index in [2.05, 4.69) is 20.2 Å². The first-order valence-corrected chi connectivity index (χ1v) is 5.75. The van der Waals surface area contributed by atoms with Gasteiger partial charge in [-0.3, -0.25) is 4.98 Å². The van der Waals surface area contributed by atoms with Crippen molar-refractivity contribution in [1.29, 1.82) is 0 Å². The number of anilines is 1. The Hall–Kier alpha value is -1.20. The van der Waals surface area contributed by atoms with Crippen LogP contribution in [0.25, 0.3) is 0 Å². The van der Waals surface area contributed by atoms with Crippen molar-refractivity contribution >= 4 is 5.82 Å². The second-order valence-corrected chi connectivity index (χ2v) is 4.03. The van der Waals surface area contributed by atoms with Crippen LogP contribution in [0.15, 0.2) is 18.6 Å². The van der Waals surface area contributed by atoms with Crippen LogP contribution in [-0.2, 0) is 0 Å². The van der Waals surface area contributed by atoms with Gasteiger partial charge in [0.1, 0.15) is 5.82 Å². The van der Waals surface area contributed by atoms with Crippen LogP contribution < -0.4 is 10.2 Å². The molecule has 2 N–H and O–H groups in total. The zero-order valence-corrected chi connectivity index (χ0v) is 9.34. The van der Waals surface area contributed by atoms with E-state index in [1.165, 1.54) is 12.8 Å². The van der Waals surface area contributed by atoms with E-state index >= 15 is 0 Å². The van der Waals surface area contributed by atoms with Crippen LogP contribution >= 0.6 is 0 Å². The van der Waals surface area contributed by atoms with E-state index in [1.807, 2.05) is 0 Å². The number of nitrogens with one attached hydrogen (secondary N) is 1. The number of aromatic nitrogens is 2. The molecule has 0 bridgehead atoms. The number of rotatable bonds is 5. The molecule has 5 heteroatoms. The van der Waals surface area contributed by atoms with Crippen molar-refractivity contribution in [2.75, 3.05) is 31.1 Å². The molecule has 1 aromatic rings. The summed E-state index contributed by atoms with van der Waals surface area (Å²) in [4.78, 5) is 10.4. The summed E-state index contributed by atoms with van der Waals surface area (Å²) in [6.07, 6.45) is 7.52. The minimum atomic E-state index is 0.142. The Balaban J connectivity index is 1.99. The lowest BCUT2D eigenvalue weighted by Crippen LogP contribution is -2.39. The summed E-state index contributed by atoms with van der Waals surface area (Å²) in [5.41, 5.74) is 0. The lowest BCUT2D eigenvalue weighted by molar-refractivity contribution is 0.300. The molecule has 0 amide bonds. The summed E-state index contributed by atoms with van der Waals surface area (Å²) in [5.74, 6) is 0.838. The number of aliphatic hydroxyl groups is 1. The van der Waals surface area contributed by atoms with Gasteiger partial charge in [-0.1, -0.05) is 0 Å². The fourth-order valence-electron chi connectivity index (χ4n) is 2.05. The predicted molar refractivity (Wildman–Crippen MR) is 62.4 cm³/mol. The summed E-state index contributed by atoms with van der Waals surface area (Å²) in [7, 11) is 0. The van der Waals surface area contributed by atoms with Crippen LogP contribution in [0.5, 0.6) is 0 Å². The summed E-state index contributed by atoms with van der Waals surface area (Å²) in [6.45, 7) is 2.73. The zero-order chi connectivity index (χ0) is 11.2. The zero-order valence-electron chi connectivity index (χ0n) is 9.34. The molecule has 0 aromatic carbocycles. The van der Waals surface area contributed by atoms with E-state index < -0.39 is 0 Å². The highest BCUT2D eigenvalue weighted by molar-refractivity contribution is 5.35. The maximum Gasteiger partial charge on any atom is 0.147 e. The van der Waals surface area contributed by atoms with Crippen molar-refractivity contribution in [1.82, 2.24) is 15.3 Å². The molecule has 1 fully saturated rings. The highest BCUT2D eigenvalue weighted by Crippen LogP contribution is 2.12. The lowest BCUT2D eigenvalue weighted by atomic mass is 10.2. The molecule has 1 aliphatic rings. The molecule has 0 saturated carbocycles. The van der Waals surface area contributed by atoms with Gasteiger partial charge in [0, 0.05) is 31.5 Å². The van der Waals surface area contributed by atoms with Gasteiger partial charge in [-0.05, 0) is 19.4 Å². The Labute approximate surface area is 95.5 Å². The van der Waals surface area contributed by atoms with E-state index in [4.69, 9.17) is 5.11 Å². The quantitative estimate of drug-likeness (QED) is 0.736. The molecule has 1 atom stereocenters. The Morgan fingerprint density at radius 3 is 3.06 bits per heavy atom. The van der Waals surface area contributed by atoms with Gasteiger partial charge in [0.05, 0.1) is 12.8 Å². The van der Waals surface area contributed by atoms with Gasteiger partial charge < -0.3 is 15.3 Å². The summed E-state index contributed by atoms with van der Waals surface area (Å²) in [5, 5.41) is 12.5. The van der Waals surface area contributed by atoms with Crippen molar-refractivity contribution < 1.29 is 5.11 Å². The van der Waals surface area contributed by atoms with Crippen LogP contribution in [0, 0.1) is 0 Å². The standard InChI is InChI=1S/C11H18N4O/c16-7-6-15(9-10-2-1-3-13-10)11-8-12-4-5-14-11/h4-5,8,10,13,16H,1-3,6-7,9H2. The molecule has 5 nitrogen and oxygen atoms in total. The first-order chi connectivity index (χ1) is 7.90. The van der Waals surface area contributed by atoms with Crippen molar-refractivity contribution in [2.45, 2.75) is 18.9 Å². The van der Waals surface area contributed by atoms with Gasteiger partial charge in [-0.2, -0.15) is 0 Å². The Morgan fingerprint density at radius 2 is 2.44 bits per heavy atom. The van der Waals surface area contributed by atoms with Crippen molar-refractivity contribution in [3.8, 4) is 0 Å². The van der Waals surface area contributed by atoms with E-state index in [9.17, 15) is 0 Å². The van der Waals surface area contributed by atoms with Crippen LogP contribution in [0.1, 0.15) is 12.8 Å². The predicted octanol–water partition coefficient (Wildman–Crippen LogP) is 0.0273. The van der Waals surface area contributed by atoms with E-state index in [0.29, 0.717) is 12.6 Å². The average Bonchev–Trinajstić information content (AvgIpc) is 2.83. The average molecular weight is 222 g/mol. The van der Waals surface area contributed by atoms with Crippen LogP contribution in [0.3, 0.4) is 0 Å². The molecule has 1 saturated heterocycles. The number of hydrogen-bond donors (Lipinski definition) is 2.